The van der Waals surface area contributed by atoms with Crippen molar-refractivity contribution in [2.75, 3.05) is 19.8 Å². The monoisotopic (exact) mass is 885 g/mol. The standard InChI is InChI=1S/C59H96O5/c1-4-7-10-13-16-19-22-25-28-30-32-34-37-40-43-46-49-52-58(60)63-56-57(55-62-54-51-48-45-42-39-36-33-29-26-23-20-17-14-11-8-5-2)64-59(61)53-50-47-44-41-38-35-31-27-24-21-18-15-12-9-6-3/h8-9,11-12,16-21,25-29,31,36,39,45,48,57H,4-7,10,13-15,22-24,30,32-35,37-38,40-44,46-47,49-56H2,1-3H3/b11-8-,12-9-,19-16-,20-17-,21-18-,28-25-,29-26-,31-27-,39-36-,48-45-. The van der Waals surface area contributed by atoms with E-state index < -0.39 is 6.10 Å². The second kappa shape index (κ2) is 53.6. The maximum absolute atomic E-state index is 12.8. The first kappa shape index (κ1) is 60.3. The van der Waals surface area contributed by atoms with Crippen molar-refractivity contribution in [2.24, 2.45) is 0 Å². The number of hydrogen-bond donors (Lipinski definition) is 0. The molecular formula is C59H96O5. The van der Waals surface area contributed by atoms with Crippen LogP contribution in [0.3, 0.4) is 0 Å². The first-order chi connectivity index (χ1) is 31.6. The highest BCUT2D eigenvalue weighted by atomic mass is 16.6. The van der Waals surface area contributed by atoms with E-state index >= 15 is 0 Å². The third-order valence-corrected chi connectivity index (χ3v) is 10.5. The highest BCUT2D eigenvalue weighted by Gasteiger charge is 2.17. The Morgan fingerprint density at radius 1 is 0.359 bits per heavy atom. The molecule has 0 saturated carbocycles. The van der Waals surface area contributed by atoms with Gasteiger partial charge in [-0.25, -0.2) is 0 Å². The molecule has 1 atom stereocenters. The highest BCUT2D eigenvalue weighted by Crippen LogP contribution is 2.13. The molecule has 0 aromatic rings. The fraction of sp³-hybridized carbons (Fsp3) is 0.627. The smallest absolute Gasteiger partial charge is 0.306 e. The van der Waals surface area contributed by atoms with Gasteiger partial charge >= 0.3 is 11.9 Å². The minimum absolute atomic E-state index is 0.0369. The fourth-order valence-electron chi connectivity index (χ4n) is 6.68. The third-order valence-electron chi connectivity index (χ3n) is 10.5. The van der Waals surface area contributed by atoms with Crippen LogP contribution in [-0.4, -0.2) is 37.9 Å². The van der Waals surface area contributed by atoms with Crippen molar-refractivity contribution >= 4 is 11.9 Å². The number of unbranched alkanes of at least 4 members (excludes halogenated alkanes) is 15. The maximum Gasteiger partial charge on any atom is 0.306 e. The van der Waals surface area contributed by atoms with Crippen LogP contribution in [0.25, 0.3) is 0 Å². The predicted molar refractivity (Wildman–Crippen MR) is 279 cm³/mol. The van der Waals surface area contributed by atoms with Gasteiger partial charge in [-0.1, -0.05) is 206 Å². The van der Waals surface area contributed by atoms with Crippen molar-refractivity contribution in [1.29, 1.82) is 0 Å². The molecule has 64 heavy (non-hydrogen) atoms. The van der Waals surface area contributed by atoms with Gasteiger partial charge in [0, 0.05) is 12.8 Å². The van der Waals surface area contributed by atoms with E-state index in [4.69, 9.17) is 14.2 Å². The second-order valence-corrected chi connectivity index (χ2v) is 16.7. The molecule has 362 valence electrons. The first-order valence-electron chi connectivity index (χ1n) is 26.1. The summed E-state index contributed by atoms with van der Waals surface area (Å²) in [6.07, 6.45) is 75.1. The van der Waals surface area contributed by atoms with Gasteiger partial charge in [0.2, 0.25) is 0 Å². The lowest BCUT2D eigenvalue weighted by atomic mass is 10.1. The van der Waals surface area contributed by atoms with Crippen LogP contribution in [0.4, 0.5) is 0 Å². The van der Waals surface area contributed by atoms with E-state index in [1.165, 1.54) is 57.8 Å². The number of rotatable bonds is 46. The molecule has 0 rings (SSSR count). The van der Waals surface area contributed by atoms with E-state index in [2.05, 4.69) is 142 Å². The van der Waals surface area contributed by atoms with Crippen LogP contribution in [0.5, 0.6) is 0 Å². The van der Waals surface area contributed by atoms with Crippen molar-refractivity contribution < 1.29 is 23.8 Å². The van der Waals surface area contributed by atoms with Gasteiger partial charge in [0.1, 0.15) is 6.61 Å². The molecule has 0 aliphatic carbocycles. The SMILES string of the molecule is CC/C=C\C/C=C\C/C=C\C/C=C\C/C=C\CCOCC(COC(=O)CCCCCCCCC/C=C\C/C=C\CCCCC)OC(=O)CCCCCCC/C=C\C/C=C\C/C=C\CC. The largest absolute Gasteiger partial charge is 0.462 e. The Labute approximate surface area is 395 Å². The van der Waals surface area contributed by atoms with Gasteiger partial charge in [-0.15, -0.1) is 0 Å². The molecule has 0 fully saturated rings. The molecule has 0 N–H and O–H groups in total. The molecule has 0 aliphatic heterocycles. The van der Waals surface area contributed by atoms with Crippen LogP contribution in [-0.2, 0) is 23.8 Å². The zero-order valence-electron chi connectivity index (χ0n) is 41.5. The van der Waals surface area contributed by atoms with Crippen LogP contribution in [0.2, 0.25) is 0 Å². The third kappa shape index (κ3) is 50.9. The van der Waals surface area contributed by atoms with Gasteiger partial charge in [-0.05, 0) is 116 Å². The number of hydrogen-bond acceptors (Lipinski definition) is 5. The lowest BCUT2D eigenvalue weighted by Crippen LogP contribution is -2.30. The van der Waals surface area contributed by atoms with E-state index in [0.717, 1.165) is 122 Å². The molecule has 0 saturated heterocycles. The summed E-state index contributed by atoms with van der Waals surface area (Å²) in [6.45, 7) is 7.33. The second-order valence-electron chi connectivity index (χ2n) is 16.7. The number of ether oxygens (including phenoxy) is 3. The lowest BCUT2D eigenvalue weighted by Gasteiger charge is -2.18. The molecule has 0 bridgehead atoms. The number of allylic oxidation sites excluding steroid dienone is 19. The molecule has 0 heterocycles. The highest BCUT2D eigenvalue weighted by molar-refractivity contribution is 5.70. The molecule has 0 spiro atoms. The minimum Gasteiger partial charge on any atom is -0.462 e. The number of carbonyl (C=O) groups is 2. The normalized spacial score (nSPS) is 13.2. The van der Waals surface area contributed by atoms with Crippen molar-refractivity contribution in [2.45, 2.75) is 219 Å². The Balaban J connectivity index is 4.44. The van der Waals surface area contributed by atoms with Crippen molar-refractivity contribution in [3.05, 3.63) is 122 Å². The van der Waals surface area contributed by atoms with Gasteiger partial charge in [0.05, 0.1) is 13.2 Å². The lowest BCUT2D eigenvalue weighted by molar-refractivity contribution is -0.162. The van der Waals surface area contributed by atoms with Crippen LogP contribution in [0, 0.1) is 0 Å². The summed E-state index contributed by atoms with van der Waals surface area (Å²) >= 11 is 0. The van der Waals surface area contributed by atoms with Crippen LogP contribution < -0.4 is 0 Å². The summed E-state index contributed by atoms with van der Waals surface area (Å²) in [5, 5.41) is 0. The van der Waals surface area contributed by atoms with Gasteiger partial charge in [0.15, 0.2) is 6.10 Å². The van der Waals surface area contributed by atoms with Gasteiger partial charge in [-0.3, -0.25) is 9.59 Å². The summed E-state index contributed by atoms with van der Waals surface area (Å²) in [5.74, 6) is -0.474. The minimum atomic E-state index is -0.596. The molecule has 0 radical (unpaired) electrons. The molecule has 0 aromatic carbocycles. The molecule has 0 aromatic heterocycles. The molecule has 0 amide bonds. The fourth-order valence-corrected chi connectivity index (χ4v) is 6.68. The zero-order valence-corrected chi connectivity index (χ0v) is 41.5. The average molecular weight is 885 g/mol. The Morgan fingerprint density at radius 2 is 0.703 bits per heavy atom. The van der Waals surface area contributed by atoms with Crippen molar-refractivity contribution in [1.82, 2.24) is 0 Å². The van der Waals surface area contributed by atoms with Crippen LogP contribution in [0.15, 0.2) is 122 Å². The van der Waals surface area contributed by atoms with E-state index in [-0.39, 0.29) is 25.2 Å². The summed E-state index contributed by atoms with van der Waals surface area (Å²) in [5.41, 5.74) is 0. The Hall–Kier alpha value is -3.70. The topological polar surface area (TPSA) is 61.8 Å². The molecule has 5 heteroatoms. The zero-order chi connectivity index (χ0) is 46.3. The summed E-state index contributed by atoms with van der Waals surface area (Å²) in [6, 6.07) is 0. The average Bonchev–Trinajstić information content (AvgIpc) is 3.30. The molecule has 5 nitrogen and oxygen atoms in total. The number of carbonyl (C=O) groups excluding carboxylic acids is 2. The molecule has 1 unspecified atom stereocenters. The van der Waals surface area contributed by atoms with E-state index in [1.54, 1.807) is 0 Å². The van der Waals surface area contributed by atoms with E-state index in [9.17, 15) is 9.59 Å². The Bertz CT molecular complexity index is 1320. The predicted octanol–water partition coefficient (Wildman–Crippen LogP) is 17.8. The summed E-state index contributed by atoms with van der Waals surface area (Å²) in [7, 11) is 0. The summed E-state index contributed by atoms with van der Waals surface area (Å²) < 4.78 is 17.3. The van der Waals surface area contributed by atoms with Gasteiger partial charge in [0.25, 0.3) is 0 Å². The Kier molecular flexibility index (Phi) is 50.5. The maximum atomic E-state index is 12.8. The van der Waals surface area contributed by atoms with Gasteiger partial charge < -0.3 is 14.2 Å². The Morgan fingerprint density at radius 3 is 1.12 bits per heavy atom. The van der Waals surface area contributed by atoms with E-state index in [0.29, 0.717) is 19.4 Å². The number of esters is 2. The quantitative estimate of drug-likeness (QED) is 0.0346. The van der Waals surface area contributed by atoms with Gasteiger partial charge in [-0.2, -0.15) is 0 Å². The summed E-state index contributed by atoms with van der Waals surface area (Å²) in [4.78, 5) is 25.4. The van der Waals surface area contributed by atoms with Crippen molar-refractivity contribution in [3.8, 4) is 0 Å². The molecular weight excluding hydrogens is 789 g/mol. The first-order valence-corrected chi connectivity index (χ1v) is 26.1. The molecule has 0 aliphatic rings. The van der Waals surface area contributed by atoms with E-state index in [1.807, 2.05) is 0 Å². The van der Waals surface area contributed by atoms with Crippen molar-refractivity contribution in [3.63, 3.8) is 0 Å². The van der Waals surface area contributed by atoms with Crippen LogP contribution >= 0.6 is 0 Å². The van der Waals surface area contributed by atoms with Crippen LogP contribution in [0.1, 0.15) is 213 Å².